The van der Waals surface area contributed by atoms with Gasteiger partial charge in [-0.2, -0.15) is 25.3 Å². The molecule has 2 rings (SSSR count). The summed E-state index contributed by atoms with van der Waals surface area (Å²) in [5.41, 5.74) is 0.826. The second-order valence-corrected chi connectivity index (χ2v) is 14.3. The molecule has 252 valence electrons. The third kappa shape index (κ3) is 16.8. The first kappa shape index (κ1) is 40.0. The fourth-order valence-electron chi connectivity index (χ4n) is 4.93. The fraction of sp³-hybridized carbons (Fsp3) is 0.600. The third-order valence-corrected chi connectivity index (χ3v) is 8.91. The van der Waals surface area contributed by atoms with Gasteiger partial charge >= 0.3 is 10.4 Å². The van der Waals surface area contributed by atoms with Gasteiger partial charge in [-0.15, -0.1) is 0 Å². The van der Waals surface area contributed by atoms with Gasteiger partial charge in [-0.3, -0.25) is 18.2 Å². The third-order valence-electron chi connectivity index (χ3n) is 6.96. The summed E-state index contributed by atoms with van der Waals surface area (Å²) < 4.78 is 107. The van der Waals surface area contributed by atoms with Crippen LogP contribution in [0.4, 0.5) is 0 Å². The summed E-state index contributed by atoms with van der Waals surface area (Å²) in [4.78, 5) is -0.732. The van der Waals surface area contributed by atoms with Gasteiger partial charge in [0.05, 0.1) is 0 Å². The lowest BCUT2D eigenvalue weighted by Crippen LogP contribution is -2.09. The van der Waals surface area contributed by atoms with Crippen molar-refractivity contribution < 1.29 is 48.2 Å². The first-order valence-electron chi connectivity index (χ1n) is 15.2. The number of aryl methyl sites for hydroxylation is 2. The van der Waals surface area contributed by atoms with Crippen molar-refractivity contribution in [3.63, 3.8) is 0 Å². The average molecular weight is 681 g/mol. The molecule has 2 aromatic carbocycles. The number of unbranched alkanes of at least 4 members (excludes halogenated alkanes) is 12. The van der Waals surface area contributed by atoms with Crippen LogP contribution < -0.4 is 4.74 Å². The van der Waals surface area contributed by atoms with Crippen LogP contribution in [0.25, 0.3) is 0 Å². The molecule has 0 aliphatic heterocycles. The molecule has 0 saturated carbocycles. The summed E-state index contributed by atoms with van der Waals surface area (Å²) in [5, 5.41) is 0. The number of rotatable bonds is 20. The molecule has 0 radical (unpaired) electrons. The van der Waals surface area contributed by atoms with Crippen LogP contribution in [0, 0.1) is 0 Å². The zero-order valence-corrected chi connectivity index (χ0v) is 28.1. The summed E-state index contributed by atoms with van der Waals surface area (Å²) in [6.07, 6.45) is 15.8. The van der Waals surface area contributed by atoms with Crippen LogP contribution in [0.15, 0.2) is 46.2 Å². The van der Waals surface area contributed by atoms with E-state index in [1.54, 1.807) is 24.3 Å². The van der Waals surface area contributed by atoms with Crippen molar-refractivity contribution in [1.82, 2.24) is 0 Å². The van der Waals surface area contributed by atoms with Gasteiger partial charge in [0.15, 0.2) is 0 Å². The van der Waals surface area contributed by atoms with Gasteiger partial charge in [-0.05, 0) is 48.9 Å². The van der Waals surface area contributed by atoms with E-state index in [-0.39, 0.29) is 21.3 Å². The van der Waals surface area contributed by atoms with Gasteiger partial charge in [0, 0.05) is 0 Å². The lowest BCUT2D eigenvalue weighted by atomic mass is 10.0. The van der Waals surface area contributed by atoms with Crippen LogP contribution in [0.2, 0.25) is 0 Å². The van der Waals surface area contributed by atoms with Crippen LogP contribution in [0.1, 0.15) is 115 Å². The molecule has 4 N–H and O–H groups in total. The Morgan fingerprint density at radius 3 is 1.09 bits per heavy atom. The predicted molar refractivity (Wildman–Crippen MR) is 170 cm³/mol. The Hall–Kier alpha value is -2.07. The van der Waals surface area contributed by atoms with Crippen LogP contribution in [-0.2, 0) is 43.5 Å². The molecule has 44 heavy (non-hydrogen) atoms. The molecule has 0 unspecified atom stereocenters. The van der Waals surface area contributed by atoms with E-state index in [2.05, 4.69) is 13.8 Å². The molecule has 0 amide bonds. The first-order valence-corrected chi connectivity index (χ1v) is 19.4. The molecule has 0 bridgehead atoms. The SMILES string of the molecule is CCCCCCCCCc1cccc(Oc2cccc(CCCCCCCCC)c2S(=O)(=O)O)c1S(=O)(=O)O.O=S(=O)(O)O. The fourth-order valence-corrected chi connectivity index (χ4v) is 6.66. The summed E-state index contributed by atoms with van der Waals surface area (Å²) in [6, 6.07) is 9.27. The Balaban J connectivity index is 0.00000178. The largest absolute Gasteiger partial charge is 0.454 e. The highest BCUT2D eigenvalue weighted by Crippen LogP contribution is 2.37. The van der Waals surface area contributed by atoms with Crippen molar-refractivity contribution in [2.45, 2.75) is 126 Å². The highest BCUT2D eigenvalue weighted by atomic mass is 32.3. The van der Waals surface area contributed by atoms with E-state index >= 15 is 0 Å². The number of benzene rings is 2. The molecular formula is C30H48O11S3. The molecule has 11 nitrogen and oxygen atoms in total. The Labute approximate surface area is 263 Å². The monoisotopic (exact) mass is 680 g/mol. The van der Waals surface area contributed by atoms with Crippen molar-refractivity contribution in [1.29, 1.82) is 0 Å². The Kier molecular flexibility index (Phi) is 18.3. The van der Waals surface area contributed by atoms with Gasteiger partial charge in [-0.25, -0.2) is 0 Å². The maximum Gasteiger partial charge on any atom is 0.394 e. The quantitative estimate of drug-likeness (QED) is 0.0784. The second-order valence-electron chi connectivity index (χ2n) is 10.7. The summed E-state index contributed by atoms with van der Waals surface area (Å²) in [5.74, 6) is -0.341. The lowest BCUT2D eigenvalue weighted by Gasteiger charge is -2.17. The molecule has 0 aliphatic rings. The van der Waals surface area contributed by atoms with Gasteiger partial charge in [-0.1, -0.05) is 115 Å². The summed E-state index contributed by atoms with van der Waals surface area (Å²) >= 11 is 0. The smallest absolute Gasteiger partial charge is 0.394 e. The van der Waals surface area contributed by atoms with E-state index in [0.29, 0.717) is 24.0 Å². The highest BCUT2D eigenvalue weighted by molar-refractivity contribution is 7.86. The molecule has 0 spiro atoms. The minimum atomic E-state index is -4.67. The molecule has 0 fully saturated rings. The molecule has 0 saturated heterocycles. The topological polar surface area (TPSA) is 193 Å². The maximum absolute atomic E-state index is 12.4. The Morgan fingerprint density at radius 1 is 0.500 bits per heavy atom. The van der Waals surface area contributed by atoms with E-state index in [4.69, 9.17) is 22.3 Å². The van der Waals surface area contributed by atoms with Crippen molar-refractivity contribution in [2.24, 2.45) is 0 Å². The van der Waals surface area contributed by atoms with E-state index in [1.807, 2.05) is 0 Å². The highest BCUT2D eigenvalue weighted by Gasteiger charge is 2.26. The standard InChI is InChI=1S/C30H46O7S2.H2O4S/c1-3-5-7-9-11-13-15-19-25-21-17-23-27(29(25)38(31,32)33)37-28-24-18-22-26(30(28)39(34,35)36)20-16-14-12-10-8-6-4-2;1-5(2,3)4/h17-18,21-24H,3-16,19-20H2,1-2H3,(H,31,32,33)(H,34,35,36);(H2,1,2,3,4). The van der Waals surface area contributed by atoms with Gasteiger partial charge in [0.25, 0.3) is 20.2 Å². The van der Waals surface area contributed by atoms with E-state index in [9.17, 15) is 25.9 Å². The number of ether oxygens (including phenoxy) is 1. The lowest BCUT2D eigenvalue weighted by molar-refractivity contribution is 0.380. The molecule has 0 aromatic heterocycles. The number of hydrogen-bond donors (Lipinski definition) is 4. The summed E-state index contributed by atoms with van der Waals surface area (Å²) in [6.45, 7) is 4.33. The second kappa shape index (κ2) is 20.1. The molecule has 0 heterocycles. The molecular weight excluding hydrogens is 633 g/mol. The van der Waals surface area contributed by atoms with Crippen molar-refractivity contribution >= 4 is 30.6 Å². The van der Waals surface area contributed by atoms with Crippen molar-refractivity contribution in [3.05, 3.63) is 47.5 Å². The van der Waals surface area contributed by atoms with Crippen LogP contribution in [-0.4, -0.2) is 43.5 Å². The molecule has 0 atom stereocenters. The zero-order chi connectivity index (χ0) is 33.2. The summed E-state index contributed by atoms with van der Waals surface area (Å²) in [7, 11) is -14.0. The van der Waals surface area contributed by atoms with E-state index in [1.165, 1.54) is 50.7 Å². The van der Waals surface area contributed by atoms with E-state index < -0.39 is 30.6 Å². The Morgan fingerprint density at radius 2 is 0.795 bits per heavy atom. The average Bonchev–Trinajstić information content (AvgIpc) is 2.90. The normalized spacial score (nSPS) is 12.0. The van der Waals surface area contributed by atoms with Gasteiger partial charge < -0.3 is 4.74 Å². The number of hydrogen-bond acceptors (Lipinski definition) is 7. The van der Waals surface area contributed by atoms with Crippen molar-refractivity contribution in [3.8, 4) is 11.5 Å². The minimum Gasteiger partial charge on any atom is -0.454 e. The van der Waals surface area contributed by atoms with Crippen LogP contribution in [0.3, 0.4) is 0 Å². The molecule has 0 aliphatic carbocycles. The Bertz CT molecular complexity index is 1350. The van der Waals surface area contributed by atoms with Gasteiger partial charge in [0.2, 0.25) is 0 Å². The zero-order valence-electron chi connectivity index (χ0n) is 25.6. The predicted octanol–water partition coefficient (Wildman–Crippen LogP) is 7.91. The molecule has 14 heteroatoms. The first-order chi connectivity index (χ1) is 20.6. The van der Waals surface area contributed by atoms with Crippen LogP contribution in [0.5, 0.6) is 11.5 Å². The van der Waals surface area contributed by atoms with Crippen molar-refractivity contribution in [2.75, 3.05) is 0 Å². The maximum atomic E-state index is 12.4. The van der Waals surface area contributed by atoms with Crippen LogP contribution >= 0.6 is 0 Å². The van der Waals surface area contributed by atoms with E-state index in [0.717, 1.165) is 51.4 Å². The minimum absolute atomic E-state index is 0.170. The van der Waals surface area contributed by atoms with Gasteiger partial charge in [0.1, 0.15) is 21.3 Å². The molecule has 2 aromatic rings.